The Bertz CT molecular complexity index is 101. The van der Waals surface area contributed by atoms with Crippen LogP contribution in [0.3, 0.4) is 0 Å². The Morgan fingerprint density at radius 3 is 2.75 bits per heavy atom. The predicted molar refractivity (Wildman–Crippen MR) is 31.7 cm³/mol. The molecule has 1 aliphatic heterocycles. The van der Waals surface area contributed by atoms with Crippen LogP contribution >= 0.6 is 0 Å². The van der Waals surface area contributed by atoms with Crippen molar-refractivity contribution in [2.45, 2.75) is 38.4 Å². The van der Waals surface area contributed by atoms with Crippen LogP contribution in [0.2, 0.25) is 0 Å². The standard InChI is InChI=1S/C7H12O/c1-5-2-3-6-7(4-5)8-6/h5-7H,2-4H2,1H3/t5-,6+,7+/m1/s1. The normalized spacial score (nSPS) is 52.9. The van der Waals surface area contributed by atoms with Gasteiger partial charge in [-0.3, -0.25) is 0 Å². The second kappa shape index (κ2) is 1.47. The molecule has 0 radical (unpaired) electrons. The molecule has 1 nitrogen and oxygen atoms in total. The topological polar surface area (TPSA) is 12.5 Å². The number of ether oxygens (including phenoxy) is 1. The third-order valence-electron chi connectivity index (χ3n) is 2.27. The average Bonchev–Trinajstić information content (AvgIpc) is 2.43. The van der Waals surface area contributed by atoms with E-state index in [0.29, 0.717) is 12.2 Å². The zero-order valence-corrected chi connectivity index (χ0v) is 5.26. The van der Waals surface area contributed by atoms with Crippen LogP contribution in [-0.4, -0.2) is 12.2 Å². The van der Waals surface area contributed by atoms with E-state index in [1.54, 1.807) is 0 Å². The van der Waals surface area contributed by atoms with Gasteiger partial charge < -0.3 is 4.74 Å². The molecular formula is C7H12O. The van der Waals surface area contributed by atoms with Gasteiger partial charge in [0.15, 0.2) is 0 Å². The van der Waals surface area contributed by atoms with Gasteiger partial charge in [-0.05, 0) is 25.2 Å². The van der Waals surface area contributed by atoms with Gasteiger partial charge in [-0.15, -0.1) is 0 Å². The van der Waals surface area contributed by atoms with Crippen molar-refractivity contribution in [2.24, 2.45) is 5.92 Å². The minimum Gasteiger partial charge on any atom is -0.370 e. The molecule has 0 aromatic heterocycles. The van der Waals surface area contributed by atoms with E-state index in [1.165, 1.54) is 19.3 Å². The molecule has 0 spiro atoms. The summed E-state index contributed by atoms with van der Waals surface area (Å²) in [5.41, 5.74) is 0. The molecule has 1 aliphatic carbocycles. The van der Waals surface area contributed by atoms with Crippen molar-refractivity contribution >= 4 is 0 Å². The molecular weight excluding hydrogens is 100 g/mol. The minimum absolute atomic E-state index is 0.679. The van der Waals surface area contributed by atoms with Crippen molar-refractivity contribution < 1.29 is 4.74 Å². The summed E-state index contributed by atoms with van der Waals surface area (Å²) in [5, 5.41) is 0. The Hall–Kier alpha value is -0.0400. The maximum Gasteiger partial charge on any atom is 0.0844 e. The maximum absolute atomic E-state index is 5.35. The third kappa shape index (κ3) is 0.655. The molecule has 1 heterocycles. The monoisotopic (exact) mass is 112 g/mol. The number of fused-ring (bicyclic) bond motifs is 1. The van der Waals surface area contributed by atoms with Gasteiger partial charge in [-0.1, -0.05) is 6.92 Å². The van der Waals surface area contributed by atoms with Crippen LogP contribution in [0.5, 0.6) is 0 Å². The van der Waals surface area contributed by atoms with Crippen molar-refractivity contribution in [1.82, 2.24) is 0 Å². The van der Waals surface area contributed by atoms with Crippen molar-refractivity contribution in [3.05, 3.63) is 0 Å². The summed E-state index contributed by atoms with van der Waals surface area (Å²) in [6.45, 7) is 2.32. The first kappa shape index (κ1) is 4.80. The molecule has 3 atom stereocenters. The highest BCUT2D eigenvalue weighted by atomic mass is 16.6. The molecule has 2 fully saturated rings. The summed E-state index contributed by atoms with van der Waals surface area (Å²) >= 11 is 0. The van der Waals surface area contributed by atoms with Crippen LogP contribution in [0, 0.1) is 5.92 Å². The Kier molecular flexibility index (Phi) is 0.884. The van der Waals surface area contributed by atoms with E-state index in [4.69, 9.17) is 4.74 Å². The molecule has 0 unspecified atom stereocenters. The molecule has 0 aromatic carbocycles. The summed E-state index contributed by atoms with van der Waals surface area (Å²) in [4.78, 5) is 0. The van der Waals surface area contributed by atoms with Crippen molar-refractivity contribution in [3.8, 4) is 0 Å². The van der Waals surface area contributed by atoms with Gasteiger partial charge in [-0.2, -0.15) is 0 Å². The molecule has 0 N–H and O–H groups in total. The Labute approximate surface area is 50.0 Å². The first-order valence-electron chi connectivity index (χ1n) is 3.52. The second-order valence-electron chi connectivity index (χ2n) is 3.13. The largest absolute Gasteiger partial charge is 0.370 e. The number of rotatable bonds is 0. The summed E-state index contributed by atoms with van der Waals surface area (Å²) in [7, 11) is 0. The summed E-state index contributed by atoms with van der Waals surface area (Å²) < 4.78 is 5.35. The quantitative estimate of drug-likeness (QED) is 0.433. The van der Waals surface area contributed by atoms with Crippen LogP contribution in [0.25, 0.3) is 0 Å². The first-order chi connectivity index (χ1) is 3.86. The van der Waals surface area contributed by atoms with E-state index >= 15 is 0 Å². The van der Waals surface area contributed by atoms with Gasteiger partial charge in [0.05, 0.1) is 12.2 Å². The van der Waals surface area contributed by atoms with Crippen LogP contribution in [0.1, 0.15) is 26.2 Å². The van der Waals surface area contributed by atoms with E-state index in [2.05, 4.69) is 6.92 Å². The molecule has 46 valence electrons. The van der Waals surface area contributed by atoms with Crippen molar-refractivity contribution in [1.29, 1.82) is 0 Å². The zero-order chi connectivity index (χ0) is 5.56. The van der Waals surface area contributed by atoms with Gasteiger partial charge in [-0.25, -0.2) is 0 Å². The second-order valence-corrected chi connectivity index (χ2v) is 3.13. The molecule has 1 heteroatoms. The highest BCUT2D eigenvalue weighted by Gasteiger charge is 2.42. The molecule has 0 aromatic rings. The Morgan fingerprint density at radius 2 is 2.12 bits per heavy atom. The van der Waals surface area contributed by atoms with E-state index in [1.807, 2.05) is 0 Å². The fourth-order valence-corrected chi connectivity index (χ4v) is 1.60. The molecule has 2 aliphatic rings. The lowest BCUT2D eigenvalue weighted by Crippen LogP contribution is -2.09. The van der Waals surface area contributed by atoms with Gasteiger partial charge in [0.2, 0.25) is 0 Å². The van der Waals surface area contributed by atoms with E-state index in [-0.39, 0.29) is 0 Å². The zero-order valence-electron chi connectivity index (χ0n) is 5.26. The Balaban J connectivity index is 1.93. The smallest absolute Gasteiger partial charge is 0.0844 e. The van der Waals surface area contributed by atoms with Crippen LogP contribution in [0.4, 0.5) is 0 Å². The molecule has 8 heavy (non-hydrogen) atoms. The number of hydrogen-bond acceptors (Lipinski definition) is 1. The molecule has 1 saturated carbocycles. The van der Waals surface area contributed by atoms with Gasteiger partial charge in [0.25, 0.3) is 0 Å². The van der Waals surface area contributed by atoms with E-state index in [9.17, 15) is 0 Å². The third-order valence-corrected chi connectivity index (χ3v) is 2.27. The summed E-state index contributed by atoms with van der Waals surface area (Å²) in [5.74, 6) is 0.929. The lowest BCUT2D eigenvalue weighted by atomic mass is 9.91. The number of hydrogen-bond donors (Lipinski definition) is 0. The SMILES string of the molecule is C[C@@H]1CC[C@@H]2O[C@H]2C1. The Morgan fingerprint density at radius 1 is 1.25 bits per heavy atom. The van der Waals surface area contributed by atoms with Gasteiger partial charge in [0, 0.05) is 0 Å². The van der Waals surface area contributed by atoms with E-state index < -0.39 is 0 Å². The van der Waals surface area contributed by atoms with Crippen LogP contribution in [0.15, 0.2) is 0 Å². The lowest BCUT2D eigenvalue weighted by Gasteiger charge is -2.11. The highest BCUT2D eigenvalue weighted by Crippen LogP contribution is 2.38. The molecule has 0 bridgehead atoms. The van der Waals surface area contributed by atoms with Crippen LogP contribution in [-0.2, 0) is 4.74 Å². The predicted octanol–water partition coefficient (Wildman–Crippen LogP) is 1.57. The fraction of sp³-hybridized carbons (Fsp3) is 1.00. The lowest BCUT2D eigenvalue weighted by molar-refractivity contribution is 0.367. The summed E-state index contributed by atoms with van der Waals surface area (Å²) in [6, 6.07) is 0. The fourth-order valence-electron chi connectivity index (χ4n) is 1.60. The molecule has 0 amide bonds. The maximum atomic E-state index is 5.35. The summed E-state index contributed by atoms with van der Waals surface area (Å²) in [6.07, 6.45) is 5.41. The minimum atomic E-state index is 0.679. The average molecular weight is 112 g/mol. The number of epoxide rings is 1. The molecule has 1 saturated heterocycles. The highest BCUT2D eigenvalue weighted by molar-refractivity contribution is 4.90. The first-order valence-corrected chi connectivity index (χ1v) is 3.52. The van der Waals surface area contributed by atoms with Crippen LogP contribution < -0.4 is 0 Å². The van der Waals surface area contributed by atoms with Crippen molar-refractivity contribution in [3.63, 3.8) is 0 Å². The van der Waals surface area contributed by atoms with E-state index in [0.717, 1.165) is 5.92 Å². The van der Waals surface area contributed by atoms with Gasteiger partial charge in [0.1, 0.15) is 0 Å². The molecule has 2 rings (SSSR count). The van der Waals surface area contributed by atoms with Crippen molar-refractivity contribution in [2.75, 3.05) is 0 Å². The van der Waals surface area contributed by atoms with Gasteiger partial charge >= 0.3 is 0 Å².